The summed E-state index contributed by atoms with van der Waals surface area (Å²) in [4.78, 5) is 29.7. The highest BCUT2D eigenvalue weighted by Crippen LogP contribution is 2.15. The quantitative estimate of drug-likeness (QED) is 0.502. The van der Waals surface area contributed by atoms with Crippen molar-refractivity contribution in [3.8, 4) is 0 Å². The lowest BCUT2D eigenvalue weighted by Gasteiger charge is -2.09. The Bertz CT molecular complexity index is 1140. The van der Waals surface area contributed by atoms with Gasteiger partial charge in [-0.15, -0.1) is 0 Å². The first-order chi connectivity index (χ1) is 13.7. The van der Waals surface area contributed by atoms with Crippen LogP contribution in [0.5, 0.6) is 0 Å². The summed E-state index contributed by atoms with van der Waals surface area (Å²) >= 11 is 0. The Morgan fingerprint density at radius 3 is 2.68 bits per heavy atom. The smallest absolute Gasteiger partial charge is 0.187 e. The molecule has 0 saturated heterocycles. The molecule has 0 bridgehead atoms. The molecule has 7 heteroatoms. The topological polar surface area (TPSA) is 107 Å². The second-order valence-corrected chi connectivity index (χ2v) is 6.29. The van der Waals surface area contributed by atoms with Crippen molar-refractivity contribution in [1.82, 2.24) is 19.9 Å². The number of nitrogens with one attached hydrogen (secondary N) is 1. The minimum Gasteiger partial charge on any atom is -0.382 e. The Kier molecular flexibility index (Phi) is 4.88. The van der Waals surface area contributed by atoms with Gasteiger partial charge in [0, 0.05) is 18.8 Å². The van der Waals surface area contributed by atoms with E-state index in [0.29, 0.717) is 23.6 Å². The van der Waals surface area contributed by atoms with Crippen LogP contribution in [0.1, 0.15) is 21.7 Å². The number of hydrogen-bond donors (Lipinski definition) is 2. The first-order valence-corrected chi connectivity index (χ1v) is 8.82. The van der Waals surface area contributed by atoms with Crippen LogP contribution in [0.4, 0.5) is 11.5 Å². The fourth-order valence-electron chi connectivity index (χ4n) is 2.86. The van der Waals surface area contributed by atoms with Crippen LogP contribution in [0.2, 0.25) is 0 Å². The lowest BCUT2D eigenvalue weighted by Crippen LogP contribution is -2.09. The molecule has 3 heterocycles. The van der Waals surface area contributed by atoms with Crippen molar-refractivity contribution in [3.05, 3.63) is 84.1 Å². The van der Waals surface area contributed by atoms with Crippen molar-refractivity contribution in [2.75, 3.05) is 11.1 Å². The van der Waals surface area contributed by atoms with E-state index in [1.54, 1.807) is 12.4 Å². The molecule has 7 nitrogen and oxygen atoms in total. The van der Waals surface area contributed by atoms with Gasteiger partial charge in [-0.3, -0.25) is 14.8 Å². The predicted molar refractivity (Wildman–Crippen MR) is 108 cm³/mol. The zero-order chi connectivity index (χ0) is 19.3. The highest BCUT2D eigenvalue weighted by atomic mass is 16.1. The van der Waals surface area contributed by atoms with Crippen LogP contribution in [0.3, 0.4) is 0 Å². The number of pyridine rings is 2. The van der Waals surface area contributed by atoms with Gasteiger partial charge in [-0.25, -0.2) is 9.97 Å². The molecule has 0 aliphatic rings. The molecule has 0 aliphatic carbocycles. The number of benzene rings is 1. The van der Waals surface area contributed by atoms with Gasteiger partial charge >= 0.3 is 0 Å². The molecule has 138 valence electrons. The van der Waals surface area contributed by atoms with E-state index in [1.165, 1.54) is 6.20 Å². The Morgan fingerprint density at radius 1 is 0.964 bits per heavy atom. The van der Waals surface area contributed by atoms with Crippen LogP contribution in [0, 0.1) is 0 Å². The maximum atomic E-state index is 12.6. The van der Waals surface area contributed by atoms with Crippen LogP contribution in [-0.2, 0) is 13.0 Å². The Hall–Kier alpha value is -3.87. The van der Waals surface area contributed by atoms with Crippen LogP contribution >= 0.6 is 0 Å². The summed E-state index contributed by atoms with van der Waals surface area (Å²) in [5, 5.41) is 3.20. The van der Waals surface area contributed by atoms with Gasteiger partial charge in [0.25, 0.3) is 0 Å². The zero-order valence-electron chi connectivity index (χ0n) is 15.0. The fraction of sp³-hybridized carbons (Fsp3) is 0.0952. The minimum absolute atomic E-state index is 0.0835. The minimum atomic E-state index is -0.0835. The number of ketones is 1. The van der Waals surface area contributed by atoms with E-state index < -0.39 is 0 Å². The summed E-state index contributed by atoms with van der Waals surface area (Å²) in [6.07, 6.45) is 5.09. The number of fused-ring (bicyclic) bond motifs is 1. The van der Waals surface area contributed by atoms with Gasteiger partial charge in [0.05, 0.1) is 35.2 Å². The van der Waals surface area contributed by atoms with Gasteiger partial charge in [-0.05, 0) is 42.0 Å². The number of Topliss-reactive ketones (excluding diaryl/α,β-unsaturated/α-hetero) is 1. The molecule has 0 aliphatic heterocycles. The standard InChI is InChI=1S/C21H18N6O/c22-21-18(6-3-8-24-21)25-12-15-10-14(7-9-23-15)11-20(28)19-13-26-16-4-1-2-5-17(16)27-19/h1-10,13,25H,11-12H2,(H2,22,24). The Morgan fingerprint density at radius 2 is 1.82 bits per heavy atom. The number of carbonyl (C=O) groups excluding carboxylic acids is 1. The van der Waals surface area contributed by atoms with E-state index >= 15 is 0 Å². The summed E-state index contributed by atoms with van der Waals surface area (Å²) in [5.41, 5.74) is 10.1. The third kappa shape index (κ3) is 3.93. The van der Waals surface area contributed by atoms with Crippen molar-refractivity contribution < 1.29 is 4.79 Å². The maximum Gasteiger partial charge on any atom is 0.187 e. The van der Waals surface area contributed by atoms with Gasteiger partial charge in [0.2, 0.25) is 0 Å². The lowest BCUT2D eigenvalue weighted by molar-refractivity contribution is 0.0988. The Balaban J connectivity index is 1.46. The number of anilines is 2. The van der Waals surface area contributed by atoms with Crippen LogP contribution in [0.15, 0.2) is 67.1 Å². The second-order valence-electron chi connectivity index (χ2n) is 6.29. The summed E-state index contributed by atoms with van der Waals surface area (Å²) in [7, 11) is 0. The molecule has 28 heavy (non-hydrogen) atoms. The number of hydrogen-bond acceptors (Lipinski definition) is 7. The normalized spacial score (nSPS) is 10.7. The summed E-state index contributed by atoms with van der Waals surface area (Å²) in [6, 6.07) is 14.9. The molecule has 3 N–H and O–H groups in total. The van der Waals surface area contributed by atoms with Crippen LogP contribution in [-0.4, -0.2) is 25.7 Å². The number of nitrogen functional groups attached to an aromatic ring is 1. The number of aromatic nitrogens is 4. The molecule has 0 atom stereocenters. The highest BCUT2D eigenvalue weighted by molar-refractivity contribution is 5.96. The molecule has 4 rings (SSSR count). The molecular formula is C21H18N6O. The fourth-order valence-corrected chi connectivity index (χ4v) is 2.86. The molecule has 0 fully saturated rings. The number of nitrogens with two attached hydrogens (primary N) is 1. The van der Waals surface area contributed by atoms with E-state index in [4.69, 9.17) is 5.73 Å². The number of para-hydroxylation sites is 2. The molecule has 3 aromatic heterocycles. The first kappa shape index (κ1) is 17.5. The molecule has 0 amide bonds. The number of nitrogens with zero attached hydrogens (tertiary/aromatic N) is 4. The average Bonchev–Trinajstić information content (AvgIpc) is 2.73. The first-order valence-electron chi connectivity index (χ1n) is 8.82. The molecule has 0 unspecified atom stereocenters. The molecule has 0 saturated carbocycles. The van der Waals surface area contributed by atoms with Crippen molar-refractivity contribution in [1.29, 1.82) is 0 Å². The van der Waals surface area contributed by atoms with E-state index in [1.807, 2.05) is 48.5 Å². The van der Waals surface area contributed by atoms with Crippen LogP contribution < -0.4 is 11.1 Å². The Labute approximate surface area is 161 Å². The van der Waals surface area contributed by atoms with Crippen LogP contribution in [0.25, 0.3) is 11.0 Å². The van der Waals surface area contributed by atoms with E-state index in [2.05, 4.69) is 25.3 Å². The molecule has 0 spiro atoms. The highest BCUT2D eigenvalue weighted by Gasteiger charge is 2.11. The molecule has 4 aromatic rings. The largest absolute Gasteiger partial charge is 0.382 e. The van der Waals surface area contributed by atoms with Crippen molar-refractivity contribution in [2.24, 2.45) is 0 Å². The van der Waals surface area contributed by atoms with E-state index in [0.717, 1.165) is 22.5 Å². The maximum absolute atomic E-state index is 12.6. The molecule has 0 radical (unpaired) electrons. The van der Waals surface area contributed by atoms with Crippen molar-refractivity contribution in [3.63, 3.8) is 0 Å². The van der Waals surface area contributed by atoms with Gasteiger partial charge < -0.3 is 11.1 Å². The van der Waals surface area contributed by atoms with Crippen molar-refractivity contribution >= 4 is 28.3 Å². The molecule has 1 aromatic carbocycles. The van der Waals surface area contributed by atoms with E-state index in [-0.39, 0.29) is 12.2 Å². The monoisotopic (exact) mass is 370 g/mol. The number of rotatable bonds is 6. The third-order valence-electron chi connectivity index (χ3n) is 4.28. The third-order valence-corrected chi connectivity index (χ3v) is 4.28. The lowest BCUT2D eigenvalue weighted by atomic mass is 10.1. The molecular weight excluding hydrogens is 352 g/mol. The van der Waals surface area contributed by atoms with Gasteiger partial charge in [-0.2, -0.15) is 0 Å². The summed E-state index contributed by atoms with van der Waals surface area (Å²) in [6.45, 7) is 0.480. The van der Waals surface area contributed by atoms with Gasteiger partial charge in [-0.1, -0.05) is 12.1 Å². The summed E-state index contributed by atoms with van der Waals surface area (Å²) in [5.74, 6) is 0.351. The van der Waals surface area contributed by atoms with E-state index in [9.17, 15) is 4.79 Å². The van der Waals surface area contributed by atoms with Crippen molar-refractivity contribution in [2.45, 2.75) is 13.0 Å². The van der Waals surface area contributed by atoms with Gasteiger partial charge in [0.15, 0.2) is 5.78 Å². The zero-order valence-corrected chi connectivity index (χ0v) is 15.0. The average molecular weight is 370 g/mol. The number of carbonyl (C=O) groups is 1. The predicted octanol–water partition coefficient (Wildman–Crippen LogP) is 3.04. The second kappa shape index (κ2) is 7.79. The SMILES string of the molecule is Nc1ncccc1NCc1cc(CC(=O)c2cnc3ccccc3n2)ccn1. The summed E-state index contributed by atoms with van der Waals surface area (Å²) < 4.78 is 0. The van der Waals surface area contributed by atoms with Gasteiger partial charge in [0.1, 0.15) is 11.5 Å².